The van der Waals surface area contributed by atoms with Gasteiger partial charge in [-0.3, -0.25) is 4.79 Å². The van der Waals surface area contributed by atoms with Crippen LogP contribution in [0.4, 0.5) is 0 Å². The van der Waals surface area contributed by atoms with E-state index in [9.17, 15) is 9.59 Å². The van der Waals surface area contributed by atoms with Crippen molar-refractivity contribution in [3.63, 3.8) is 0 Å². The Bertz CT molecular complexity index is 696. The summed E-state index contributed by atoms with van der Waals surface area (Å²) in [7, 11) is 0. The third-order valence-corrected chi connectivity index (χ3v) is 4.05. The zero-order chi connectivity index (χ0) is 14.9. The van der Waals surface area contributed by atoms with Crippen LogP contribution in [-0.2, 0) is 22.6 Å². The van der Waals surface area contributed by atoms with Gasteiger partial charge >= 0.3 is 5.97 Å². The minimum absolute atomic E-state index is 0.109. The third-order valence-electron chi connectivity index (χ3n) is 3.59. The summed E-state index contributed by atoms with van der Waals surface area (Å²) in [6.45, 7) is 0.109. The van der Waals surface area contributed by atoms with Crippen LogP contribution in [0, 0.1) is 0 Å². The molecular weight excluding hydrogens is 288 g/mol. The second-order valence-corrected chi connectivity index (χ2v) is 5.67. The maximum Gasteiger partial charge on any atom is 0.336 e. The van der Waals surface area contributed by atoms with Gasteiger partial charge in [-0.2, -0.15) is 0 Å². The van der Waals surface area contributed by atoms with Gasteiger partial charge in [0, 0.05) is 12.0 Å². The Morgan fingerprint density at radius 2 is 1.76 bits per heavy atom. The molecule has 0 radical (unpaired) electrons. The van der Waals surface area contributed by atoms with E-state index in [-0.39, 0.29) is 18.8 Å². The van der Waals surface area contributed by atoms with Crippen LogP contribution in [0.15, 0.2) is 54.6 Å². The van der Waals surface area contributed by atoms with E-state index in [1.54, 1.807) is 12.1 Å². The van der Waals surface area contributed by atoms with Crippen molar-refractivity contribution >= 4 is 23.4 Å². The molecule has 1 aliphatic rings. The van der Waals surface area contributed by atoms with Crippen molar-refractivity contribution in [2.45, 2.75) is 17.9 Å². The van der Waals surface area contributed by atoms with Crippen molar-refractivity contribution in [3.05, 3.63) is 71.3 Å². The Morgan fingerprint density at radius 3 is 2.48 bits per heavy atom. The minimum atomic E-state index is -1.63. The molecule has 3 nitrogen and oxygen atoms in total. The summed E-state index contributed by atoms with van der Waals surface area (Å²) in [4.78, 5) is 23.0. The number of carbonyl (C=O) groups is 2. The van der Waals surface area contributed by atoms with Crippen LogP contribution in [0.1, 0.15) is 21.5 Å². The molecule has 0 aromatic heterocycles. The number of alkyl halides is 1. The summed E-state index contributed by atoms with van der Waals surface area (Å²) in [6.07, 6.45) is 0.178. The Kier molecular flexibility index (Phi) is 3.52. The average Bonchev–Trinajstić information content (AvgIpc) is 2.79. The van der Waals surface area contributed by atoms with Gasteiger partial charge in [0.05, 0.1) is 0 Å². The molecule has 2 aromatic rings. The van der Waals surface area contributed by atoms with Gasteiger partial charge in [-0.25, -0.2) is 4.79 Å². The van der Waals surface area contributed by atoms with Crippen molar-refractivity contribution < 1.29 is 14.3 Å². The largest absolute Gasteiger partial charge is 0.459 e. The van der Waals surface area contributed by atoms with E-state index < -0.39 is 10.8 Å². The molecule has 1 aliphatic carbocycles. The van der Waals surface area contributed by atoms with Crippen molar-refractivity contribution in [3.8, 4) is 0 Å². The van der Waals surface area contributed by atoms with E-state index >= 15 is 0 Å². The molecule has 1 atom stereocenters. The smallest absolute Gasteiger partial charge is 0.336 e. The first-order valence-electron chi connectivity index (χ1n) is 6.64. The van der Waals surface area contributed by atoms with Gasteiger partial charge in [0.25, 0.3) is 0 Å². The highest BCUT2D eigenvalue weighted by Crippen LogP contribution is 2.36. The van der Waals surface area contributed by atoms with E-state index in [1.807, 2.05) is 42.5 Å². The van der Waals surface area contributed by atoms with E-state index in [0.717, 1.165) is 11.1 Å². The number of ketones is 1. The number of fused-ring (bicyclic) bond motifs is 1. The topological polar surface area (TPSA) is 43.4 Å². The zero-order valence-electron chi connectivity index (χ0n) is 11.2. The number of hydrogen-bond donors (Lipinski definition) is 0. The molecule has 0 bridgehead atoms. The lowest BCUT2D eigenvalue weighted by Crippen LogP contribution is -2.40. The lowest BCUT2D eigenvalue weighted by molar-refractivity contribution is -0.146. The molecule has 21 heavy (non-hydrogen) atoms. The molecule has 3 rings (SSSR count). The molecule has 106 valence electrons. The van der Waals surface area contributed by atoms with Gasteiger partial charge in [-0.1, -0.05) is 66.2 Å². The Hall–Kier alpha value is -2.13. The number of rotatable bonds is 3. The van der Waals surface area contributed by atoms with Gasteiger partial charge in [-0.05, 0) is 11.1 Å². The number of hydrogen-bond acceptors (Lipinski definition) is 3. The van der Waals surface area contributed by atoms with Crippen LogP contribution in [-0.4, -0.2) is 16.6 Å². The molecule has 0 saturated heterocycles. The number of Topliss-reactive ketones (excluding diaryl/α,β-unsaturated/α-hetero) is 1. The fourth-order valence-electron chi connectivity index (χ4n) is 2.45. The highest BCUT2D eigenvalue weighted by Gasteiger charge is 2.51. The van der Waals surface area contributed by atoms with Gasteiger partial charge in [0.2, 0.25) is 4.87 Å². The maximum atomic E-state index is 12.3. The molecular formula is C17H13ClO3. The molecule has 0 saturated carbocycles. The number of halogens is 1. The fraction of sp³-hybridized carbons (Fsp3) is 0.176. The first-order valence-corrected chi connectivity index (χ1v) is 7.02. The van der Waals surface area contributed by atoms with Gasteiger partial charge in [0.1, 0.15) is 6.61 Å². The second-order valence-electron chi connectivity index (χ2n) is 5.03. The van der Waals surface area contributed by atoms with Crippen LogP contribution < -0.4 is 0 Å². The van der Waals surface area contributed by atoms with Crippen molar-refractivity contribution in [1.29, 1.82) is 0 Å². The van der Waals surface area contributed by atoms with E-state index in [2.05, 4.69) is 0 Å². The zero-order valence-corrected chi connectivity index (χ0v) is 12.0. The first-order chi connectivity index (χ1) is 10.1. The summed E-state index contributed by atoms with van der Waals surface area (Å²) < 4.78 is 5.22. The molecule has 2 aromatic carbocycles. The average molecular weight is 301 g/mol. The minimum Gasteiger partial charge on any atom is -0.459 e. The van der Waals surface area contributed by atoms with E-state index in [1.165, 1.54) is 0 Å². The number of esters is 1. The summed E-state index contributed by atoms with van der Waals surface area (Å²) in [5.74, 6) is -1.06. The monoisotopic (exact) mass is 300 g/mol. The van der Waals surface area contributed by atoms with Crippen LogP contribution >= 0.6 is 11.6 Å². The molecule has 4 heteroatoms. The number of ether oxygens (including phenoxy) is 1. The Balaban J connectivity index is 1.75. The highest BCUT2D eigenvalue weighted by atomic mass is 35.5. The summed E-state index contributed by atoms with van der Waals surface area (Å²) in [5, 5.41) is 0. The summed E-state index contributed by atoms with van der Waals surface area (Å²) in [5.41, 5.74) is 2.15. The van der Waals surface area contributed by atoms with Crippen molar-refractivity contribution in [2.24, 2.45) is 0 Å². The number of benzene rings is 2. The van der Waals surface area contributed by atoms with Gasteiger partial charge < -0.3 is 4.74 Å². The normalized spacial score (nSPS) is 20.1. The Labute approximate surface area is 127 Å². The highest BCUT2D eigenvalue weighted by molar-refractivity contribution is 6.49. The lowest BCUT2D eigenvalue weighted by Gasteiger charge is -2.17. The van der Waals surface area contributed by atoms with Gasteiger partial charge in [-0.15, -0.1) is 0 Å². The summed E-state index contributed by atoms with van der Waals surface area (Å²) >= 11 is 6.28. The SMILES string of the molecule is O=C(OCc1ccccc1)[C@@]1(Cl)Cc2ccccc2C1=O. The second kappa shape index (κ2) is 5.34. The van der Waals surface area contributed by atoms with Crippen LogP contribution in [0.5, 0.6) is 0 Å². The predicted octanol–water partition coefficient (Wildman–Crippen LogP) is 3.15. The maximum absolute atomic E-state index is 12.3. The predicted molar refractivity (Wildman–Crippen MR) is 79.3 cm³/mol. The molecule has 0 amide bonds. The molecule has 0 unspecified atom stereocenters. The standard InChI is InChI=1S/C17H13ClO3/c18-17(10-13-8-4-5-9-14(13)15(17)19)16(20)21-11-12-6-2-1-3-7-12/h1-9H,10-11H2/t17-/m1/s1. The van der Waals surface area contributed by atoms with Crippen LogP contribution in [0.3, 0.4) is 0 Å². The van der Waals surface area contributed by atoms with Crippen molar-refractivity contribution in [2.75, 3.05) is 0 Å². The van der Waals surface area contributed by atoms with E-state index in [4.69, 9.17) is 16.3 Å². The molecule has 0 heterocycles. The number of carbonyl (C=O) groups excluding carboxylic acids is 2. The molecule has 0 spiro atoms. The lowest BCUT2D eigenvalue weighted by atomic mass is 10.0. The Morgan fingerprint density at radius 1 is 1.10 bits per heavy atom. The van der Waals surface area contributed by atoms with Crippen molar-refractivity contribution in [1.82, 2.24) is 0 Å². The molecule has 0 aliphatic heterocycles. The molecule has 0 fully saturated rings. The molecule has 0 N–H and O–H groups in total. The quantitative estimate of drug-likeness (QED) is 0.497. The fourth-order valence-corrected chi connectivity index (χ4v) is 2.75. The summed E-state index contributed by atoms with van der Waals surface area (Å²) in [6, 6.07) is 16.4. The first kappa shape index (κ1) is 13.8. The third kappa shape index (κ3) is 2.45. The van der Waals surface area contributed by atoms with Crippen LogP contribution in [0.25, 0.3) is 0 Å². The van der Waals surface area contributed by atoms with Crippen LogP contribution in [0.2, 0.25) is 0 Å². The van der Waals surface area contributed by atoms with E-state index in [0.29, 0.717) is 5.56 Å². The van der Waals surface area contributed by atoms with Gasteiger partial charge in [0.15, 0.2) is 5.78 Å².